The number of pyridine rings is 2. The van der Waals surface area contributed by atoms with Gasteiger partial charge in [0.1, 0.15) is 0 Å². The fourth-order valence-electron chi connectivity index (χ4n) is 5.51. The van der Waals surface area contributed by atoms with Crippen LogP contribution < -0.4 is 0 Å². The summed E-state index contributed by atoms with van der Waals surface area (Å²) in [7, 11) is 0. The van der Waals surface area contributed by atoms with Gasteiger partial charge in [0.15, 0.2) is 0 Å². The average Bonchev–Trinajstić information content (AvgIpc) is 3.35. The maximum Gasteiger partial charge on any atom is 0.0724 e. The van der Waals surface area contributed by atoms with Crippen LogP contribution in [0.3, 0.4) is 0 Å². The van der Waals surface area contributed by atoms with Crippen LogP contribution in [0.2, 0.25) is 0 Å². The van der Waals surface area contributed by atoms with Gasteiger partial charge < -0.3 is 4.57 Å². The molecule has 0 aliphatic carbocycles. The van der Waals surface area contributed by atoms with E-state index >= 15 is 0 Å². The third-order valence-corrected chi connectivity index (χ3v) is 7.57. The molecular weight excluding hydrogens is 486 g/mol. The van der Waals surface area contributed by atoms with Crippen molar-refractivity contribution in [3.8, 4) is 39.3 Å². The maximum absolute atomic E-state index is 5.06. The Labute approximate surface area is 234 Å². The molecule has 0 bridgehead atoms. The zero-order valence-electron chi connectivity index (χ0n) is 22.6. The molecule has 0 unspecified atom stereocenters. The minimum Gasteiger partial charge on any atom is -0.308 e. The minimum atomic E-state index is 0.374. The highest BCUT2D eigenvalue weighted by molar-refractivity contribution is 6.09. The van der Waals surface area contributed by atoms with E-state index in [1.807, 2.05) is 18.3 Å². The molecule has 3 nitrogen and oxygen atoms in total. The summed E-state index contributed by atoms with van der Waals surface area (Å²) in [6, 6.07) is 44.9. The van der Waals surface area contributed by atoms with Crippen molar-refractivity contribution >= 4 is 21.8 Å². The first-order valence-electron chi connectivity index (χ1n) is 13.8. The number of nitrogens with zero attached hydrogens (tertiary/aromatic N) is 3. The minimum absolute atomic E-state index is 0.374. The lowest BCUT2D eigenvalue weighted by Gasteiger charge is -2.13. The highest BCUT2D eigenvalue weighted by atomic mass is 15.0. The Kier molecular flexibility index (Phi) is 5.98. The SMILES string of the molecule is CC(C)c1cc2c3ccccc3n(-c3cccc(-c4cc(-c5ccccc5)nc(-c5ccccc5)c4)c3)c2cn1. The second-order valence-electron chi connectivity index (χ2n) is 10.5. The Bertz CT molecular complexity index is 1910. The zero-order chi connectivity index (χ0) is 27.1. The smallest absolute Gasteiger partial charge is 0.0724 e. The van der Waals surface area contributed by atoms with Gasteiger partial charge in [-0.1, -0.05) is 105 Å². The number of hydrogen-bond donors (Lipinski definition) is 0. The molecule has 0 aliphatic heterocycles. The number of fused-ring (bicyclic) bond motifs is 3. The lowest BCUT2D eigenvalue weighted by molar-refractivity contribution is 0.826. The first-order chi connectivity index (χ1) is 19.7. The summed E-state index contributed by atoms with van der Waals surface area (Å²) in [5.41, 5.74) is 10.9. The molecule has 0 saturated carbocycles. The van der Waals surface area contributed by atoms with Crippen LogP contribution in [-0.2, 0) is 0 Å². The summed E-state index contributed by atoms with van der Waals surface area (Å²) in [5, 5.41) is 2.48. The highest BCUT2D eigenvalue weighted by Gasteiger charge is 2.15. The van der Waals surface area contributed by atoms with E-state index in [1.165, 1.54) is 16.3 Å². The van der Waals surface area contributed by atoms with E-state index < -0.39 is 0 Å². The van der Waals surface area contributed by atoms with Crippen molar-refractivity contribution < 1.29 is 0 Å². The molecule has 7 rings (SSSR count). The average molecular weight is 516 g/mol. The van der Waals surface area contributed by atoms with Gasteiger partial charge in [0.25, 0.3) is 0 Å². The Morgan fingerprint density at radius 2 is 1.15 bits per heavy atom. The van der Waals surface area contributed by atoms with Gasteiger partial charge in [-0.25, -0.2) is 4.98 Å². The number of benzene rings is 4. The van der Waals surface area contributed by atoms with Gasteiger partial charge in [-0.15, -0.1) is 0 Å². The second kappa shape index (κ2) is 9.94. The van der Waals surface area contributed by atoms with Crippen molar-refractivity contribution in [3.63, 3.8) is 0 Å². The van der Waals surface area contributed by atoms with E-state index in [2.05, 4.69) is 134 Å². The van der Waals surface area contributed by atoms with Gasteiger partial charge in [-0.2, -0.15) is 0 Å². The number of para-hydroxylation sites is 1. The summed E-state index contributed by atoms with van der Waals surface area (Å²) in [5.74, 6) is 0.374. The van der Waals surface area contributed by atoms with Crippen molar-refractivity contribution in [2.45, 2.75) is 19.8 Å². The molecule has 0 atom stereocenters. The van der Waals surface area contributed by atoms with Crippen LogP contribution in [-0.4, -0.2) is 14.5 Å². The maximum atomic E-state index is 5.06. The van der Waals surface area contributed by atoms with Crippen LogP contribution in [0.25, 0.3) is 61.1 Å². The predicted octanol–water partition coefficient (Wildman–Crippen LogP) is 9.70. The molecule has 0 N–H and O–H groups in total. The largest absolute Gasteiger partial charge is 0.308 e. The van der Waals surface area contributed by atoms with Crippen molar-refractivity contribution in [1.82, 2.24) is 14.5 Å². The first kappa shape index (κ1) is 24.1. The number of hydrogen-bond acceptors (Lipinski definition) is 2. The summed E-state index contributed by atoms with van der Waals surface area (Å²) in [6.07, 6.45) is 2.03. The fraction of sp³-hybridized carbons (Fsp3) is 0.0811. The molecular formula is C37H29N3. The normalized spacial score (nSPS) is 11.5. The Balaban J connectivity index is 1.43. The standard InChI is InChI=1S/C37H29N3/c1-25(2)33-23-32-31-18-9-10-19-36(31)40(37(32)24-38-33)30-17-11-16-28(20-30)29-21-34(26-12-5-3-6-13-26)39-35(22-29)27-14-7-4-8-15-27/h3-25H,1-2H3. The van der Waals surface area contributed by atoms with Gasteiger partial charge in [-0.05, 0) is 53.4 Å². The third kappa shape index (κ3) is 4.26. The molecule has 0 amide bonds. The van der Waals surface area contributed by atoms with E-state index in [1.54, 1.807) is 0 Å². The number of aromatic nitrogens is 3. The van der Waals surface area contributed by atoms with Gasteiger partial charge in [0, 0.05) is 33.3 Å². The highest BCUT2D eigenvalue weighted by Crippen LogP contribution is 2.35. The second-order valence-corrected chi connectivity index (χ2v) is 10.5. The van der Waals surface area contributed by atoms with Gasteiger partial charge >= 0.3 is 0 Å². The van der Waals surface area contributed by atoms with Crippen LogP contribution in [0.5, 0.6) is 0 Å². The molecule has 0 spiro atoms. The molecule has 40 heavy (non-hydrogen) atoms. The van der Waals surface area contributed by atoms with Crippen molar-refractivity contribution in [2.75, 3.05) is 0 Å². The zero-order valence-corrected chi connectivity index (χ0v) is 22.6. The lowest BCUT2D eigenvalue weighted by atomic mass is 9.99. The summed E-state index contributed by atoms with van der Waals surface area (Å²) >= 11 is 0. The monoisotopic (exact) mass is 515 g/mol. The quantitative estimate of drug-likeness (QED) is 0.228. The topological polar surface area (TPSA) is 30.7 Å². The van der Waals surface area contributed by atoms with Crippen molar-refractivity contribution in [3.05, 3.63) is 139 Å². The summed E-state index contributed by atoms with van der Waals surface area (Å²) in [4.78, 5) is 9.89. The van der Waals surface area contributed by atoms with Crippen molar-refractivity contribution in [1.29, 1.82) is 0 Å². The van der Waals surface area contributed by atoms with Crippen LogP contribution in [0.15, 0.2) is 134 Å². The molecule has 3 aromatic heterocycles. The van der Waals surface area contributed by atoms with Crippen LogP contribution in [0.1, 0.15) is 25.5 Å². The first-order valence-corrected chi connectivity index (χ1v) is 13.8. The molecule has 7 aromatic rings. The molecule has 192 valence electrons. The van der Waals surface area contributed by atoms with E-state index in [9.17, 15) is 0 Å². The van der Waals surface area contributed by atoms with E-state index in [0.717, 1.165) is 50.5 Å². The third-order valence-electron chi connectivity index (χ3n) is 7.57. The molecule has 3 heteroatoms. The predicted molar refractivity (Wildman–Crippen MR) is 167 cm³/mol. The van der Waals surface area contributed by atoms with Gasteiger partial charge in [-0.3, -0.25) is 4.98 Å². The summed E-state index contributed by atoms with van der Waals surface area (Å²) in [6.45, 7) is 4.39. The number of rotatable bonds is 5. The van der Waals surface area contributed by atoms with Crippen molar-refractivity contribution in [2.24, 2.45) is 0 Å². The lowest BCUT2D eigenvalue weighted by Crippen LogP contribution is -1.97. The van der Waals surface area contributed by atoms with Gasteiger partial charge in [0.2, 0.25) is 0 Å². The molecule has 0 fully saturated rings. The van der Waals surface area contributed by atoms with Crippen LogP contribution in [0.4, 0.5) is 0 Å². The molecule has 0 saturated heterocycles. The van der Waals surface area contributed by atoms with Crippen LogP contribution in [0, 0.1) is 0 Å². The molecule has 0 aliphatic rings. The Hall–Kier alpha value is -5.02. The molecule has 3 heterocycles. The summed E-state index contributed by atoms with van der Waals surface area (Å²) < 4.78 is 2.34. The van der Waals surface area contributed by atoms with E-state index in [4.69, 9.17) is 9.97 Å². The molecule has 4 aromatic carbocycles. The van der Waals surface area contributed by atoms with E-state index in [-0.39, 0.29) is 0 Å². The Morgan fingerprint density at radius 1 is 0.525 bits per heavy atom. The Morgan fingerprint density at radius 3 is 1.82 bits per heavy atom. The van der Waals surface area contributed by atoms with E-state index in [0.29, 0.717) is 5.92 Å². The molecule has 0 radical (unpaired) electrons. The van der Waals surface area contributed by atoms with Gasteiger partial charge in [0.05, 0.1) is 28.6 Å². The van der Waals surface area contributed by atoms with Crippen LogP contribution >= 0.6 is 0 Å². The fourth-order valence-corrected chi connectivity index (χ4v) is 5.51.